The minimum Gasteiger partial charge on any atom is -0.381 e. The first-order chi connectivity index (χ1) is 6.68. The molecule has 2 aliphatic rings. The number of hydrogen-bond acceptors (Lipinski definition) is 3. The zero-order valence-corrected chi connectivity index (χ0v) is 9.05. The van der Waals surface area contributed by atoms with Crippen LogP contribution in [0.15, 0.2) is 0 Å². The molecule has 1 aliphatic heterocycles. The van der Waals surface area contributed by atoms with Crippen molar-refractivity contribution in [3.05, 3.63) is 0 Å². The van der Waals surface area contributed by atoms with E-state index < -0.39 is 10.0 Å². The van der Waals surface area contributed by atoms with E-state index in [9.17, 15) is 8.42 Å². The largest absolute Gasteiger partial charge is 0.381 e. The topological polar surface area (TPSA) is 55.4 Å². The molecule has 1 saturated heterocycles. The van der Waals surface area contributed by atoms with Crippen LogP contribution < -0.4 is 4.72 Å². The summed E-state index contributed by atoms with van der Waals surface area (Å²) in [5, 5.41) is -0.105. The SMILES string of the molecule is O=S(=O)(NC1CCCOCC1)C1CC1. The van der Waals surface area contributed by atoms with E-state index in [0.717, 1.165) is 38.7 Å². The molecule has 1 atom stereocenters. The molecule has 0 aromatic heterocycles. The van der Waals surface area contributed by atoms with Gasteiger partial charge < -0.3 is 4.74 Å². The molecule has 1 saturated carbocycles. The van der Waals surface area contributed by atoms with E-state index in [-0.39, 0.29) is 11.3 Å². The van der Waals surface area contributed by atoms with Gasteiger partial charge in [-0.2, -0.15) is 0 Å². The van der Waals surface area contributed by atoms with Gasteiger partial charge in [0.2, 0.25) is 10.0 Å². The first-order valence-corrected chi connectivity index (χ1v) is 6.82. The lowest BCUT2D eigenvalue weighted by Gasteiger charge is -2.15. The highest BCUT2D eigenvalue weighted by atomic mass is 32.2. The van der Waals surface area contributed by atoms with Gasteiger partial charge in [-0.25, -0.2) is 13.1 Å². The van der Waals surface area contributed by atoms with Crippen molar-refractivity contribution in [2.75, 3.05) is 13.2 Å². The van der Waals surface area contributed by atoms with E-state index in [2.05, 4.69) is 4.72 Å². The number of nitrogens with one attached hydrogen (secondary N) is 1. The van der Waals surface area contributed by atoms with Crippen LogP contribution in [0.4, 0.5) is 0 Å². The van der Waals surface area contributed by atoms with E-state index in [0.29, 0.717) is 6.61 Å². The van der Waals surface area contributed by atoms with Crippen molar-refractivity contribution >= 4 is 10.0 Å². The summed E-state index contributed by atoms with van der Waals surface area (Å²) in [5.74, 6) is 0. The smallest absolute Gasteiger partial charge is 0.214 e. The predicted molar refractivity (Wildman–Crippen MR) is 53.5 cm³/mol. The van der Waals surface area contributed by atoms with Gasteiger partial charge in [0.1, 0.15) is 0 Å². The van der Waals surface area contributed by atoms with Crippen molar-refractivity contribution in [3.63, 3.8) is 0 Å². The van der Waals surface area contributed by atoms with Crippen LogP contribution in [0, 0.1) is 0 Å². The molecular formula is C9H17NO3S. The summed E-state index contributed by atoms with van der Waals surface area (Å²) in [4.78, 5) is 0. The minimum absolute atomic E-state index is 0.100. The van der Waals surface area contributed by atoms with E-state index in [1.165, 1.54) is 0 Å². The van der Waals surface area contributed by atoms with Crippen LogP contribution in [0.5, 0.6) is 0 Å². The van der Waals surface area contributed by atoms with E-state index in [1.807, 2.05) is 0 Å². The van der Waals surface area contributed by atoms with E-state index in [4.69, 9.17) is 4.74 Å². The monoisotopic (exact) mass is 219 g/mol. The molecule has 2 fully saturated rings. The lowest BCUT2D eigenvalue weighted by Crippen LogP contribution is -2.37. The normalized spacial score (nSPS) is 29.9. The van der Waals surface area contributed by atoms with Crippen LogP contribution in [-0.4, -0.2) is 32.9 Å². The maximum Gasteiger partial charge on any atom is 0.214 e. The fraction of sp³-hybridized carbons (Fsp3) is 1.00. The summed E-state index contributed by atoms with van der Waals surface area (Å²) in [7, 11) is -3.01. The Labute approximate surface area is 85.1 Å². The third kappa shape index (κ3) is 2.68. The maximum atomic E-state index is 11.6. The second kappa shape index (κ2) is 4.16. The van der Waals surface area contributed by atoms with Crippen molar-refractivity contribution in [2.45, 2.75) is 43.4 Å². The van der Waals surface area contributed by atoms with Crippen LogP contribution in [0.2, 0.25) is 0 Å². The highest BCUT2D eigenvalue weighted by molar-refractivity contribution is 7.90. The van der Waals surface area contributed by atoms with Gasteiger partial charge in [-0.15, -0.1) is 0 Å². The fourth-order valence-corrected chi connectivity index (χ4v) is 3.38. The zero-order chi connectivity index (χ0) is 10.0. The van der Waals surface area contributed by atoms with Crippen LogP contribution >= 0.6 is 0 Å². The van der Waals surface area contributed by atoms with Gasteiger partial charge in [0.25, 0.3) is 0 Å². The summed E-state index contributed by atoms with van der Waals surface area (Å²) in [6.45, 7) is 1.44. The molecule has 4 nitrogen and oxygen atoms in total. The van der Waals surface area contributed by atoms with Gasteiger partial charge in [-0.3, -0.25) is 0 Å². The zero-order valence-electron chi connectivity index (χ0n) is 8.24. The Hall–Kier alpha value is -0.130. The molecule has 2 rings (SSSR count). The average molecular weight is 219 g/mol. The third-order valence-electron chi connectivity index (χ3n) is 2.75. The molecule has 1 unspecified atom stereocenters. The number of sulfonamides is 1. The molecular weight excluding hydrogens is 202 g/mol. The molecule has 1 N–H and O–H groups in total. The summed E-state index contributed by atoms with van der Waals surface area (Å²) in [6.07, 6.45) is 4.34. The number of hydrogen-bond donors (Lipinski definition) is 1. The summed E-state index contributed by atoms with van der Waals surface area (Å²) in [6, 6.07) is 0.100. The van der Waals surface area contributed by atoms with Crippen LogP contribution in [0.3, 0.4) is 0 Å². The Morgan fingerprint density at radius 1 is 1.07 bits per heavy atom. The molecule has 0 aromatic rings. The summed E-state index contributed by atoms with van der Waals surface area (Å²) < 4.78 is 31.3. The Morgan fingerprint density at radius 3 is 2.57 bits per heavy atom. The second-order valence-corrected chi connectivity index (χ2v) is 6.09. The summed E-state index contributed by atoms with van der Waals surface area (Å²) >= 11 is 0. The Bertz CT molecular complexity index is 276. The molecule has 5 heteroatoms. The Balaban J connectivity index is 1.88. The first-order valence-electron chi connectivity index (χ1n) is 5.27. The fourth-order valence-electron chi connectivity index (χ4n) is 1.73. The highest BCUT2D eigenvalue weighted by Gasteiger charge is 2.36. The molecule has 82 valence electrons. The van der Waals surface area contributed by atoms with Crippen molar-refractivity contribution in [1.29, 1.82) is 0 Å². The molecule has 0 aromatic carbocycles. The van der Waals surface area contributed by atoms with Gasteiger partial charge in [-0.1, -0.05) is 0 Å². The summed E-state index contributed by atoms with van der Waals surface area (Å²) in [5.41, 5.74) is 0. The lowest BCUT2D eigenvalue weighted by atomic mass is 10.1. The molecule has 0 spiro atoms. The second-order valence-electron chi connectivity index (χ2n) is 4.10. The van der Waals surface area contributed by atoms with Crippen molar-refractivity contribution in [1.82, 2.24) is 4.72 Å². The van der Waals surface area contributed by atoms with E-state index >= 15 is 0 Å². The lowest BCUT2D eigenvalue weighted by molar-refractivity contribution is 0.143. The highest BCUT2D eigenvalue weighted by Crippen LogP contribution is 2.28. The first kappa shape index (κ1) is 10.4. The molecule has 1 aliphatic carbocycles. The number of ether oxygens (including phenoxy) is 1. The van der Waals surface area contributed by atoms with Crippen LogP contribution in [0.25, 0.3) is 0 Å². The molecule has 0 amide bonds. The van der Waals surface area contributed by atoms with Crippen LogP contribution in [0.1, 0.15) is 32.1 Å². The standard InChI is InChI=1S/C9H17NO3S/c11-14(12,9-3-4-9)10-8-2-1-6-13-7-5-8/h8-10H,1-7H2. The maximum absolute atomic E-state index is 11.6. The predicted octanol–water partition coefficient (Wildman–Crippen LogP) is 0.637. The Morgan fingerprint density at radius 2 is 1.86 bits per heavy atom. The van der Waals surface area contributed by atoms with Gasteiger partial charge in [0, 0.05) is 19.3 Å². The molecule has 0 radical (unpaired) electrons. The third-order valence-corrected chi connectivity index (χ3v) is 4.76. The molecule has 1 heterocycles. The van der Waals surface area contributed by atoms with Crippen molar-refractivity contribution in [3.8, 4) is 0 Å². The van der Waals surface area contributed by atoms with Gasteiger partial charge in [0.15, 0.2) is 0 Å². The van der Waals surface area contributed by atoms with Crippen molar-refractivity contribution in [2.24, 2.45) is 0 Å². The minimum atomic E-state index is -3.01. The van der Waals surface area contributed by atoms with Crippen molar-refractivity contribution < 1.29 is 13.2 Å². The molecule has 0 bridgehead atoms. The van der Waals surface area contributed by atoms with Gasteiger partial charge in [0.05, 0.1) is 5.25 Å². The van der Waals surface area contributed by atoms with Crippen LogP contribution in [-0.2, 0) is 14.8 Å². The molecule has 14 heavy (non-hydrogen) atoms. The Kier molecular flexibility index (Phi) is 3.09. The van der Waals surface area contributed by atoms with Gasteiger partial charge >= 0.3 is 0 Å². The van der Waals surface area contributed by atoms with Gasteiger partial charge in [-0.05, 0) is 32.1 Å². The average Bonchev–Trinajstić information content (AvgIpc) is 2.90. The van der Waals surface area contributed by atoms with E-state index in [1.54, 1.807) is 0 Å². The quantitative estimate of drug-likeness (QED) is 0.757. The number of rotatable bonds is 3.